The molecule has 1 heteroatoms. The lowest BCUT2D eigenvalue weighted by Crippen LogP contribution is -1.93. The summed E-state index contributed by atoms with van der Waals surface area (Å²) in [6, 6.07) is 12.7. The third kappa shape index (κ3) is 2.51. The first-order valence-electron chi connectivity index (χ1n) is 7.16. The fourth-order valence-electron chi connectivity index (χ4n) is 2.93. The summed E-state index contributed by atoms with van der Waals surface area (Å²) >= 11 is 0. The second-order valence-electron chi connectivity index (χ2n) is 5.56. The second kappa shape index (κ2) is 5.08. The quantitative estimate of drug-likeness (QED) is 0.733. The van der Waals surface area contributed by atoms with Gasteiger partial charge in [-0.3, -0.25) is 0 Å². The van der Waals surface area contributed by atoms with Gasteiger partial charge in [-0.1, -0.05) is 42.3 Å². The summed E-state index contributed by atoms with van der Waals surface area (Å²) in [7, 11) is 0. The third-order valence-corrected chi connectivity index (χ3v) is 4.08. The van der Waals surface area contributed by atoms with Crippen molar-refractivity contribution in [1.82, 2.24) is 0 Å². The zero-order valence-corrected chi connectivity index (χ0v) is 11.4. The first-order chi connectivity index (χ1) is 9.24. The van der Waals surface area contributed by atoms with E-state index < -0.39 is 0 Å². The Kier molecular flexibility index (Phi) is 3.29. The lowest BCUT2D eigenvalue weighted by atomic mass is 9.95. The summed E-state index contributed by atoms with van der Waals surface area (Å²) in [6.07, 6.45) is 5.83. The molecule has 0 unspecified atom stereocenters. The summed E-state index contributed by atoms with van der Waals surface area (Å²) in [5.41, 5.74) is 6.11. The molecule has 0 radical (unpaired) electrons. The highest BCUT2D eigenvalue weighted by molar-refractivity contribution is 5.68. The average molecular weight is 252 g/mol. The molecule has 1 aliphatic carbocycles. The normalized spacial score (nSPS) is 14.8. The monoisotopic (exact) mass is 252 g/mol. The van der Waals surface area contributed by atoms with Crippen LogP contribution in [0.25, 0.3) is 11.1 Å². The van der Waals surface area contributed by atoms with Gasteiger partial charge in [-0.15, -0.1) is 0 Å². The Morgan fingerprint density at radius 2 is 1.58 bits per heavy atom. The van der Waals surface area contributed by atoms with E-state index in [4.69, 9.17) is 0 Å². The highest BCUT2D eigenvalue weighted by atomic mass is 16.3. The molecule has 0 heterocycles. The fourth-order valence-corrected chi connectivity index (χ4v) is 2.93. The molecule has 98 valence electrons. The Labute approximate surface area is 114 Å². The Bertz CT molecular complexity index is 581. The van der Waals surface area contributed by atoms with Crippen molar-refractivity contribution in [2.45, 2.75) is 39.0 Å². The molecule has 0 bridgehead atoms. The average Bonchev–Trinajstić information content (AvgIpc) is 2.65. The molecular weight excluding hydrogens is 232 g/mol. The number of rotatable bonds is 1. The highest BCUT2D eigenvalue weighted by Gasteiger charge is 2.13. The van der Waals surface area contributed by atoms with Crippen molar-refractivity contribution in [2.24, 2.45) is 0 Å². The third-order valence-electron chi connectivity index (χ3n) is 4.08. The molecule has 1 N–H and O–H groups in total. The predicted molar refractivity (Wildman–Crippen MR) is 79.5 cm³/mol. The highest BCUT2D eigenvalue weighted by Crippen LogP contribution is 2.33. The number of benzene rings is 2. The van der Waals surface area contributed by atoms with E-state index in [0.717, 1.165) is 18.4 Å². The van der Waals surface area contributed by atoms with Gasteiger partial charge in [0, 0.05) is 0 Å². The maximum atomic E-state index is 10.3. The molecular formula is C18H20O. The Balaban J connectivity index is 2.06. The number of aryl methyl sites for hydroxylation is 2. The van der Waals surface area contributed by atoms with E-state index in [2.05, 4.69) is 37.3 Å². The summed E-state index contributed by atoms with van der Waals surface area (Å²) in [5, 5.41) is 10.3. The lowest BCUT2D eigenvalue weighted by molar-refractivity contribution is 0.467. The number of hydrogen-bond donors (Lipinski definition) is 1. The van der Waals surface area contributed by atoms with Crippen LogP contribution in [0.5, 0.6) is 5.75 Å². The van der Waals surface area contributed by atoms with Gasteiger partial charge in [0.25, 0.3) is 0 Å². The van der Waals surface area contributed by atoms with Crippen molar-refractivity contribution in [3.05, 3.63) is 53.1 Å². The van der Waals surface area contributed by atoms with E-state index in [1.165, 1.54) is 41.5 Å². The summed E-state index contributed by atoms with van der Waals surface area (Å²) < 4.78 is 0. The smallest absolute Gasteiger partial charge is 0.119 e. The maximum Gasteiger partial charge on any atom is 0.119 e. The van der Waals surface area contributed by atoms with Crippen molar-refractivity contribution in [2.75, 3.05) is 0 Å². The van der Waals surface area contributed by atoms with Crippen molar-refractivity contribution in [3.63, 3.8) is 0 Å². The SMILES string of the molecule is Cc1ccc(-c2cc(O)c3c(c2)CCCCC3)cc1. The van der Waals surface area contributed by atoms with E-state index in [1.807, 2.05) is 6.07 Å². The molecule has 3 rings (SSSR count). The Morgan fingerprint density at radius 1 is 0.842 bits per heavy atom. The molecule has 0 amide bonds. The van der Waals surface area contributed by atoms with E-state index in [-0.39, 0.29) is 0 Å². The van der Waals surface area contributed by atoms with Crippen LogP contribution < -0.4 is 0 Å². The predicted octanol–water partition coefficient (Wildman–Crippen LogP) is 4.64. The first kappa shape index (κ1) is 12.3. The van der Waals surface area contributed by atoms with Gasteiger partial charge >= 0.3 is 0 Å². The number of hydrogen-bond acceptors (Lipinski definition) is 1. The molecule has 0 saturated heterocycles. The van der Waals surface area contributed by atoms with Gasteiger partial charge in [-0.05, 0) is 60.9 Å². The Hall–Kier alpha value is -1.76. The summed E-state index contributed by atoms with van der Waals surface area (Å²) in [6.45, 7) is 2.10. The molecule has 1 nitrogen and oxygen atoms in total. The largest absolute Gasteiger partial charge is 0.508 e. The summed E-state index contributed by atoms with van der Waals surface area (Å²) in [5.74, 6) is 0.481. The van der Waals surface area contributed by atoms with E-state index >= 15 is 0 Å². The van der Waals surface area contributed by atoms with Gasteiger partial charge < -0.3 is 5.11 Å². The van der Waals surface area contributed by atoms with Gasteiger partial charge in [0.05, 0.1) is 0 Å². The molecule has 1 aliphatic rings. The molecule has 2 aromatic carbocycles. The number of phenols is 1. The number of aromatic hydroxyl groups is 1. The van der Waals surface area contributed by atoms with Crippen LogP contribution in [0, 0.1) is 6.92 Å². The topological polar surface area (TPSA) is 20.2 Å². The van der Waals surface area contributed by atoms with E-state index in [0.29, 0.717) is 5.75 Å². The molecule has 0 saturated carbocycles. The van der Waals surface area contributed by atoms with Crippen molar-refractivity contribution in [3.8, 4) is 16.9 Å². The van der Waals surface area contributed by atoms with Crippen molar-refractivity contribution >= 4 is 0 Å². The van der Waals surface area contributed by atoms with Crippen LogP contribution in [-0.4, -0.2) is 5.11 Å². The minimum atomic E-state index is 0.481. The first-order valence-corrected chi connectivity index (χ1v) is 7.16. The van der Waals surface area contributed by atoms with Gasteiger partial charge in [0.1, 0.15) is 5.75 Å². The molecule has 0 aromatic heterocycles. The van der Waals surface area contributed by atoms with Crippen LogP contribution in [-0.2, 0) is 12.8 Å². The van der Waals surface area contributed by atoms with Crippen LogP contribution in [0.1, 0.15) is 36.0 Å². The molecule has 0 spiro atoms. The molecule has 19 heavy (non-hydrogen) atoms. The van der Waals surface area contributed by atoms with E-state index in [9.17, 15) is 5.11 Å². The fraction of sp³-hybridized carbons (Fsp3) is 0.333. The van der Waals surface area contributed by atoms with E-state index in [1.54, 1.807) is 0 Å². The lowest BCUT2D eigenvalue weighted by Gasteiger charge is -2.12. The van der Waals surface area contributed by atoms with Crippen LogP contribution >= 0.6 is 0 Å². The summed E-state index contributed by atoms with van der Waals surface area (Å²) in [4.78, 5) is 0. The maximum absolute atomic E-state index is 10.3. The van der Waals surface area contributed by atoms with Gasteiger partial charge in [0.2, 0.25) is 0 Å². The number of fused-ring (bicyclic) bond motifs is 1. The zero-order valence-electron chi connectivity index (χ0n) is 11.4. The molecule has 2 aromatic rings. The minimum absolute atomic E-state index is 0.481. The Morgan fingerprint density at radius 3 is 2.37 bits per heavy atom. The molecule has 0 fully saturated rings. The van der Waals surface area contributed by atoms with Crippen molar-refractivity contribution < 1.29 is 5.11 Å². The van der Waals surface area contributed by atoms with Gasteiger partial charge in [-0.25, -0.2) is 0 Å². The second-order valence-corrected chi connectivity index (χ2v) is 5.56. The van der Waals surface area contributed by atoms with Gasteiger partial charge in [0.15, 0.2) is 0 Å². The minimum Gasteiger partial charge on any atom is -0.508 e. The van der Waals surface area contributed by atoms with Crippen LogP contribution in [0.3, 0.4) is 0 Å². The van der Waals surface area contributed by atoms with Crippen LogP contribution in [0.15, 0.2) is 36.4 Å². The van der Waals surface area contributed by atoms with Crippen molar-refractivity contribution in [1.29, 1.82) is 0 Å². The molecule has 0 aliphatic heterocycles. The molecule has 0 atom stereocenters. The zero-order chi connectivity index (χ0) is 13.2. The number of phenolic OH excluding ortho intramolecular Hbond substituents is 1. The standard InChI is InChI=1S/C18H20O/c1-13-7-9-14(10-8-13)16-11-15-5-3-2-4-6-17(15)18(19)12-16/h7-12,19H,2-6H2,1H3. The van der Waals surface area contributed by atoms with Crippen LogP contribution in [0.4, 0.5) is 0 Å². The van der Waals surface area contributed by atoms with Crippen LogP contribution in [0.2, 0.25) is 0 Å². The van der Waals surface area contributed by atoms with Gasteiger partial charge in [-0.2, -0.15) is 0 Å².